The van der Waals surface area contributed by atoms with Crippen LogP contribution in [0.25, 0.3) is 0 Å². The summed E-state index contributed by atoms with van der Waals surface area (Å²) >= 11 is 7.29. The van der Waals surface area contributed by atoms with Crippen LogP contribution >= 0.6 is 23.5 Å². The first-order chi connectivity index (χ1) is 12.7. The Bertz CT molecular complexity index is 980. The molecule has 0 saturated carbocycles. The number of hydrogen-bond acceptors (Lipinski definition) is 6. The predicted octanol–water partition coefficient (Wildman–Crippen LogP) is 5.55. The largest absolute Gasteiger partial charge is 0.506 e. The topological polar surface area (TPSA) is 65.9 Å². The van der Waals surface area contributed by atoms with Crippen molar-refractivity contribution in [1.82, 2.24) is 4.72 Å². The summed E-state index contributed by atoms with van der Waals surface area (Å²) in [5, 5.41) is 13.7. The zero-order valence-electron chi connectivity index (χ0n) is 13.4. The summed E-state index contributed by atoms with van der Waals surface area (Å²) in [6.45, 7) is 0. The van der Waals surface area contributed by atoms with E-state index in [1.165, 1.54) is 18.0 Å². The van der Waals surface area contributed by atoms with Gasteiger partial charge in [0.1, 0.15) is 17.2 Å². The second-order valence-corrected chi connectivity index (χ2v) is 6.76. The van der Waals surface area contributed by atoms with Gasteiger partial charge in [-0.15, -0.1) is 0 Å². The molecule has 0 atom stereocenters. The lowest BCUT2D eigenvalue weighted by Crippen LogP contribution is -2.27. The van der Waals surface area contributed by atoms with E-state index >= 15 is 0 Å². The fraction of sp³-hybridized carbons (Fsp3) is 0. The van der Waals surface area contributed by atoms with Gasteiger partial charge in [0.05, 0.1) is 10.6 Å². The minimum Gasteiger partial charge on any atom is -0.506 e. The molecule has 0 bridgehead atoms. The first-order valence-electron chi connectivity index (χ1n) is 7.82. The Labute approximate surface area is 159 Å². The van der Waals surface area contributed by atoms with E-state index in [-0.39, 0.29) is 5.75 Å². The van der Waals surface area contributed by atoms with E-state index < -0.39 is 0 Å². The molecule has 4 rings (SSSR count). The number of para-hydroxylation sites is 3. The molecule has 0 aliphatic carbocycles. The number of phenols is 1. The van der Waals surface area contributed by atoms with E-state index in [0.29, 0.717) is 22.4 Å². The van der Waals surface area contributed by atoms with Gasteiger partial charge in [0.15, 0.2) is 5.75 Å². The van der Waals surface area contributed by atoms with Crippen LogP contribution in [0.1, 0.15) is 0 Å². The molecule has 130 valence electrons. The summed E-state index contributed by atoms with van der Waals surface area (Å²) in [4.78, 5) is 5.20. The number of nitrogens with zero attached hydrogens (tertiary/aromatic N) is 1. The third kappa shape index (κ3) is 3.56. The first-order valence-corrected chi connectivity index (χ1v) is 9.01. The molecule has 0 unspecified atom stereocenters. The summed E-state index contributed by atoms with van der Waals surface area (Å²) in [6, 6.07) is 20.3. The van der Waals surface area contributed by atoms with Gasteiger partial charge < -0.3 is 15.2 Å². The van der Waals surface area contributed by atoms with Gasteiger partial charge in [0.2, 0.25) is 5.96 Å². The van der Waals surface area contributed by atoms with Crippen molar-refractivity contribution in [2.75, 3.05) is 5.32 Å². The zero-order chi connectivity index (χ0) is 17.9. The van der Waals surface area contributed by atoms with Crippen molar-refractivity contribution in [3.8, 4) is 17.2 Å². The van der Waals surface area contributed by atoms with Gasteiger partial charge >= 0.3 is 0 Å². The molecule has 3 N–H and O–H groups in total. The third-order valence-corrected chi connectivity index (χ3v) is 4.66. The SMILES string of the molecule is Oc1cc(Cl)cc2c1N=C(Nc1ccccc1Oc1ccccc1)NS2. The lowest BCUT2D eigenvalue weighted by molar-refractivity contribution is 0.475. The number of halogens is 1. The molecule has 1 aliphatic heterocycles. The Balaban J connectivity index is 1.61. The standard InChI is InChI=1S/C19H14ClN3O2S/c20-12-10-15(24)18-17(11-12)26-23-19(22-18)21-14-8-4-5-9-16(14)25-13-6-2-1-3-7-13/h1-11,24H,(H2,21,22,23). The molecule has 7 heteroatoms. The number of fused-ring (bicyclic) bond motifs is 1. The lowest BCUT2D eigenvalue weighted by atomic mass is 10.3. The van der Waals surface area contributed by atoms with E-state index in [1.807, 2.05) is 54.6 Å². The minimum absolute atomic E-state index is 0.0367. The van der Waals surface area contributed by atoms with Crippen molar-refractivity contribution < 1.29 is 9.84 Å². The van der Waals surface area contributed by atoms with E-state index in [4.69, 9.17) is 16.3 Å². The number of rotatable bonds is 3. The molecule has 0 spiro atoms. The van der Waals surface area contributed by atoms with Crippen LogP contribution in [0.15, 0.2) is 76.6 Å². The van der Waals surface area contributed by atoms with Crippen molar-refractivity contribution in [1.29, 1.82) is 0 Å². The fourth-order valence-corrected chi connectivity index (χ4v) is 3.46. The van der Waals surface area contributed by atoms with Crippen LogP contribution in [-0.2, 0) is 0 Å². The molecule has 0 fully saturated rings. The fourth-order valence-electron chi connectivity index (χ4n) is 2.44. The summed E-state index contributed by atoms with van der Waals surface area (Å²) < 4.78 is 9.04. The van der Waals surface area contributed by atoms with E-state index in [2.05, 4.69) is 15.0 Å². The van der Waals surface area contributed by atoms with Crippen molar-refractivity contribution in [3.63, 3.8) is 0 Å². The Kier molecular flexibility index (Phi) is 4.60. The summed E-state index contributed by atoms with van der Waals surface area (Å²) in [5.74, 6) is 1.94. The Morgan fingerprint density at radius 3 is 2.65 bits per heavy atom. The van der Waals surface area contributed by atoms with Crippen molar-refractivity contribution in [2.45, 2.75) is 4.90 Å². The molecule has 0 amide bonds. The van der Waals surface area contributed by atoms with Crippen LogP contribution in [0, 0.1) is 0 Å². The number of anilines is 1. The maximum atomic E-state index is 10.1. The maximum Gasteiger partial charge on any atom is 0.211 e. The van der Waals surface area contributed by atoms with Gasteiger partial charge in [-0.1, -0.05) is 41.9 Å². The zero-order valence-corrected chi connectivity index (χ0v) is 15.0. The van der Waals surface area contributed by atoms with Crippen LogP contribution in [0.4, 0.5) is 11.4 Å². The van der Waals surface area contributed by atoms with Crippen LogP contribution < -0.4 is 14.8 Å². The highest BCUT2D eigenvalue weighted by molar-refractivity contribution is 7.98. The van der Waals surface area contributed by atoms with Crippen LogP contribution in [0.2, 0.25) is 5.02 Å². The molecule has 0 saturated heterocycles. The monoisotopic (exact) mass is 383 g/mol. The molecule has 1 aliphatic rings. The molecular weight excluding hydrogens is 370 g/mol. The number of aliphatic imine (C=N–C) groups is 1. The highest BCUT2D eigenvalue weighted by Crippen LogP contribution is 2.41. The Hall–Kier alpha value is -2.83. The molecule has 3 aromatic carbocycles. The average molecular weight is 384 g/mol. The van der Waals surface area contributed by atoms with Gasteiger partial charge in [-0.3, -0.25) is 4.72 Å². The van der Waals surface area contributed by atoms with Gasteiger partial charge in [0.25, 0.3) is 0 Å². The minimum atomic E-state index is 0.0367. The molecular formula is C19H14ClN3O2S. The molecule has 5 nitrogen and oxygen atoms in total. The molecule has 0 aromatic heterocycles. The van der Waals surface area contributed by atoms with E-state index in [1.54, 1.807) is 6.07 Å². The second-order valence-electron chi connectivity index (χ2n) is 5.47. The second kappa shape index (κ2) is 7.19. The maximum absolute atomic E-state index is 10.1. The van der Waals surface area contributed by atoms with Crippen molar-refractivity contribution >= 4 is 40.9 Å². The first kappa shape index (κ1) is 16.6. The van der Waals surface area contributed by atoms with Gasteiger partial charge in [-0.25, -0.2) is 4.99 Å². The van der Waals surface area contributed by atoms with E-state index in [9.17, 15) is 5.11 Å². The van der Waals surface area contributed by atoms with Crippen LogP contribution in [0.5, 0.6) is 17.2 Å². The number of aromatic hydroxyl groups is 1. The van der Waals surface area contributed by atoms with Crippen molar-refractivity contribution in [2.24, 2.45) is 4.99 Å². The number of benzene rings is 3. The Morgan fingerprint density at radius 2 is 1.81 bits per heavy atom. The average Bonchev–Trinajstić information content (AvgIpc) is 2.65. The summed E-state index contributed by atoms with van der Waals surface area (Å²) in [7, 11) is 0. The number of guanidine groups is 1. The highest BCUT2D eigenvalue weighted by Gasteiger charge is 2.18. The predicted molar refractivity (Wildman–Crippen MR) is 106 cm³/mol. The molecule has 0 radical (unpaired) electrons. The number of nitrogens with one attached hydrogen (secondary N) is 2. The smallest absolute Gasteiger partial charge is 0.211 e. The normalized spacial score (nSPS) is 12.6. The third-order valence-electron chi connectivity index (χ3n) is 3.61. The highest BCUT2D eigenvalue weighted by atomic mass is 35.5. The summed E-state index contributed by atoms with van der Waals surface area (Å²) in [5.41, 5.74) is 1.22. The molecule has 3 aromatic rings. The van der Waals surface area contributed by atoms with Gasteiger partial charge in [-0.2, -0.15) is 0 Å². The van der Waals surface area contributed by atoms with Crippen molar-refractivity contribution in [3.05, 3.63) is 71.8 Å². The van der Waals surface area contributed by atoms with Gasteiger partial charge in [0, 0.05) is 11.1 Å². The summed E-state index contributed by atoms with van der Waals surface area (Å²) in [6.07, 6.45) is 0. The van der Waals surface area contributed by atoms with Crippen LogP contribution in [0.3, 0.4) is 0 Å². The molecule has 1 heterocycles. The number of phenolic OH excluding ortho intramolecular Hbond substituents is 1. The number of hydrogen-bond donors (Lipinski definition) is 3. The lowest BCUT2D eigenvalue weighted by Gasteiger charge is -2.20. The Morgan fingerprint density at radius 1 is 1.04 bits per heavy atom. The van der Waals surface area contributed by atoms with Gasteiger partial charge in [-0.05, 0) is 42.3 Å². The number of ether oxygens (including phenoxy) is 1. The van der Waals surface area contributed by atoms with E-state index in [0.717, 1.165) is 16.3 Å². The van der Waals surface area contributed by atoms with Crippen LogP contribution in [-0.4, -0.2) is 11.1 Å². The quantitative estimate of drug-likeness (QED) is 0.517. The molecule has 26 heavy (non-hydrogen) atoms.